The summed E-state index contributed by atoms with van der Waals surface area (Å²) in [6, 6.07) is 18.3. The van der Waals surface area contributed by atoms with E-state index in [2.05, 4.69) is 24.8 Å². The molecule has 0 aliphatic rings. The number of hydrogen-bond acceptors (Lipinski definition) is 1. The highest BCUT2D eigenvalue weighted by molar-refractivity contribution is 5.86. The molecule has 0 amide bonds. The average Bonchev–Trinajstić information content (AvgIpc) is 2.86. The van der Waals surface area contributed by atoms with Crippen LogP contribution in [-0.2, 0) is 0 Å². The Bertz CT molecular complexity index is 662. The van der Waals surface area contributed by atoms with Gasteiger partial charge < -0.3 is 4.42 Å². The summed E-state index contributed by atoms with van der Waals surface area (Å²) in [6.45, 7) is 4.16. The van der Waals surface area contributed by atoms with Gasteiger partial charge in [0.25, 0.3) is 0 Å². The van der Waals surface area contributed by atoms with E-state index in [4.69, 9.17) is 4.42 Å². The topological polar surface area (TPSA) is 13.1 Å². The number of fused-ring (bicyclic) bond motifs is 1. The molecule has 0 N–H and O–H groups in total. The van der Waals surface area contributed by atoms with E-state index in [1.54, 1.807) is 6.26 Å². The third kappa shape index (κ3) is 1.76. The Balaban J connectivity index is 2.06. The molecule has 1 heteroatoms. The first-order valence-electron chi connectivity index (χ1n) is 5.56. The van der Waals surface area contributed by atoms with Crippen molar-refractivity contribution in [3.8, 4) is 0 Å². The van der Waals surface area contributed by atoms with Gasteiger partial charge in [0.1, 0.15) is 5.58 Å². The van der Waals surface area contributed by atoms with Crippen LogP contribution in [0.2, 0.25) is 0 Å². The molecular weight excluding hydrogens is 208 g/mol. The van der Waals surface area contributed by atoms with E-state index in [0.717, 1.165) is 27.7 Å². The zero-order valence-electron chi connectivity index (χ0n) is 9.39. The molecule has 0 fully saturated rings. The van der Waals surface area contributed by atoms with Crippen molar-refractivity contribution in [1.82, 2.24) is 0 Å². The summed E-state index contributed by atoms with van der Waals surface area (Å²) in [5.74, 6) is 0. The van der Waals surface area contributed by atoms with E-state index in [-0.39, 0.29) is 0 Å². The monoisotopic (exact) mass is 220 g/mol. The summed E-state index contributed by atoms with van der Waals surface area (Å²) < 4.78 is 5.33. The maximum Gasteiger partial charge on any atom is 0.133 e. The lowest BCUT2D eigenvalue weighted by Crippen LogP contribution is -1.85. The minimum Gasteiger partial charge on any atom is -0.464 e. The predicted molar refractivity (Wildman–Crippen MR) is 70.8 cm³/mol. The van der Waals surface area contributed by atoms with Gasteiger partial charge in [0.15, 0.2) is 0 Å². The van der Waals surface area contributed by atoms with Crippen molar-refractivity contribution in [3.05, 3.63) is 78.6 Å². The first-order valence-corrected chi connectivity index (χ1v) is 5.56. The highest BCUT2D eigenvalue weighted by Crippen LogP contribution is 2.25. The van der Waals surface area contributed by atoms with Gasteiger partial charge in [-0.1, -0.05) is 43.0 Å². The van der Waals surface area contributed by atoms with Gasteiger partial charge in [0.05, 0.1) is 6.26 Å². The Kier molecular flexibility index (Phi) is 2.30. The zero-order chi connectivity index (χ0) is 11.7. The normalized spacial score (nSPS) is 10.6. The highest BCUT2D eigenvalue weighted by Gasteiger charge is 2.04. The number of hydrogen-bond donors (Lipinski definition) is 0. The van der Waals surface area contributed by atoms with Crippen LogP contribution in [0, 0.1) is 0 Å². The molecule has 0 atom stereocenters. The first-order chi connectivity index (χ1) is 8.34. The first kappa shape index (κ1) is 9.91. The number of furan rings is 1. The van der Waals surface area contributed by atoms with E-state index in [9.17, 15) is 0 Å². The van der Waals surface area contributed by atoms with Crippen molar-refractivity contribution in [2.75, 3.05) is 0 Å². The molecule has 17 heavy (non-hydrogen) atoms. The summed E-state index contributed by atoms with van der Waals surface area (Å²) in [4.78, 5) is 0. The third-order valence-electron chi connectivity index (χ3n) is 2.92. The van der Waals surface area contributed by atoms with Gasteiger partial charge in [0, 0.05) is 5.39 Å². The SMILES string of the molecule is C=C(c1ccccc1)c1ccc2occc2c1. The Morgan fingerprint density at radius 1 is 0.882 bits per heavy atom. The molecule has 1 heterocycles. The van der Waals surface area contributed by atoms with E-state index in [1.807, 2.05) is 36.4 Å². The van der Waals surface area contributed by atoms with Gasteiger partial charge >= 0.3 is 0 Å². The average molecular weight is 220 g/mol. The van der Waals surface area contributed by atoms with Crippen molar-refractivity contribution in [3.63, 3.8) is 0 Å². The van der Waals surface area contributed by atoms with Crippen LogP contribution in [-0.4, -0.2) is 0 Å². The fourth-order valence-electron chi connectivity index (χ4n) is 1.96. The molecule has 0 unspecified atom stereocenters. The Hall–Kier alpha value is -2.28. The fourth-order valence-corrected chi connectivity index (χ4v) is 1.96. The van der Waals surface area contributed by atoms with Crippen molar-refractivity contribution in [1.29, 1.82) is 0 Å². The second-order valence-electron chi connectivity index (χ2n) is 4.02. The van der Waals surface area contributed by atoms with Crippen molar-refractivity contribution in [2.45, 2.75) is 0 Å². The van der Waals surface area contributed by atoms with Gasteiger partial charge in [-0.15, -0.1) is 0 Å². The summed E-state index contributed by atoms with van der Waals surface area (Å²) in [5.41, 5.74) is 4.23. The standard InChI is InChI=1S/C16H12O/c1-12(13-5-3-2-4-6-13)14-7-8-16-15(11-14)9-10-17-16/h2-11H,1H2. The van der Waals surface area contributed by atoms with Crippen LogP contribution < -0.4 is 0 Å². The second kappa shape index (κ2) is 3.95. The summed E-state index contributed by atoms with van der Waals surface area (Å²) in [6.07, 6.45) is 1.71. The molecule has 0 aliphatic carbocycles. The van der Waals surface area contributed by atoms with Crippen LogP contribution in [0.4, 0.5) is 0 Å². The molecule has 0 aliphatic heterocycles. The van der Waals surface area contributed by atoms with Gasteiger partial charge in [-0.2, -0.15) is 0 Å². The summed E-state index contributed by atoms with van der Waals surface area (Å²) in [5, 5.41) is 1.11. The van der Waals surface area contributed by atoms with Crippen LogP contribution >= 0.6 is 0 Å². The Morgan fingerprint density at radius 3 is 2.53 bits per heavy atom. The number of rotatable bonds is 2. The zero-order valence-corrected chi connectivity index (χ0v) is 9.39. The Morgan fingerprint density at radius 2 is 1.71 bits per heavy atom. The molecule has 0 saturated carbocycles. The lowest BCUT2D eigenvalue weighted by molar-refractivity contribution is 0.616. The third-order valence-corrected chi connectivity index (χ3v) is 2.92. The predicted octanol–water partition coefficient (Wildman–Crippen LogP) is 4.49. The molecule has 3 rings (SSSR count). The van der Waals surface area contributed by atoms with Crippen LogP contribution in [0.15, 0.2) is 71.9 Å². The van der Waals surface area contributed by atoms with Crippen LogP contribution in [0.3, 0.4) is 0 Å². The minimum absolute atomic E-state index is 0.912. The lowest BCUT2D eigenvalue weighted by atomic mass is 9.99. The molecule has 0 bridgehead atoms. The van der Waals surface area contributed by atoms with Gasteiger partial charge in [-0.25, -0.2) is 0 Å². The van der Waals surface area contributed by atoms with Gasteiger partial charge in [-0.3, -0.25) is 0 Å². The number of benzene rings is 2. The van der Waals surface area contributed by atoms with E-state index in [0.29, 0.717) is 0 Å². The molecule has 0 radical (unpaired) electrons. The van der Waals surface area contributed by atoms with Crippen LogP contribution in [0.1, 0.15) is 11.1 Å². The molecule has 3 aromatic rings. The summed E-state index contributed by atoms with van der Waals surface area (Å²) >= 11 is 0. The Labute approximate surface area is 100 Å². The van der Waals surface area contributed by atoms with Gasteiger partial charge in [0.2, 0.25) is 0 Å². The maximum atomic E-state index is 5.33. The lowest BCUT2D eigenvalue weighted by Gasteiger charge is -2.05. The van der Waals surface area contributed by atoms with E-state index >= 15 is 0 Å². The van der Waals surface area contributed by atoms with Crippen LogP contribution in [0.5, 0.6) is 0 Å². The van der Waals surface area contributed by atoms with Gasteiger partial charge in [-0.05, 0) is 34.9 Å². The summed E-state index contributed by atoms with van der Waals surface area (Å²) in [7, 11) is 0. The van der Waals surface area contributed by atoms with Crippen molar-refractivity contribution in [2.24, 2.45) is 0 Å². The largest absolute Gasteiger partial charge is 0.464 e. The second-order valence-corrected chi connectivity index (χ2v) is 4.02. The van der Waals surface area contributed by atoms with E-state index in [1.165, 1.54) is 0 Å². The quantitative estimate of drug-likeness (QED) is 0.620. The molecule has 82 valence electrons. The molecule has 1 nitrogen and oxygen atoms in total. The molecular formula is C16H12O. The molecule has 2 aromatic carbocycles. The van der Waals surface area contributed by atoms with Crippen LogP contribution in [0.25, 0.3) is 16.5 Å². The van der Waals surface area contributed by atoms with Crippen molar-refractivity contribution < 1.29 is 4.42 Å². The minimum atomic E-state index is 0.912. The van der Waals surface area contributed by atoms with E-state index < -0.39 is 0 Å². The molecule has 0 saturated heterocycles. The molecule has 1 aromatic heterocycles. The molecule has 0 spiro atoms. The highest BCUT2D eigenvalue weighted by atomic mass is 16.3. The van der Waals surface area contributed by atoms with Crippen molar-refractivity contribution >= 4 is 16.5 Å². The maximum absolute atomic E-state index is 5.33. The fraction of sp³-hybridized carbons (Fsp3) is 0. The smallest absolute Gasteiger partial charge is 0.133 e.